The molecule has 1 aliphatic carbocycles. The lowest BCUT2D eigenvalue weighted by Crippen LogP contribution is -2.54. The minimum Gasteiger partial charge on any atom is -0.326 e. The molecular formula is C11H22N2. The third-order valence-corrected chi connectivity index (χ3v) is 3.91. The van der Waals surface area contributed by atoms with Crippen molar-refractivity contribution in [1.82, 2.24) is 4.90 Å². The molecule has 0 aromatic heterocycles. The van der Waals surface area contributed by atoms with Crippen molar-refractivity contribution in [1.29, 1.82) is 0 Å². The normalized spacial score (nSPS) is 47.3. The number of piperidine rings is 1. The SMILES string of the molecule is CC1CC(N2CCC(C)C(N)C2)C1. The van der Waals surface area contributed by atoms with E-state index in [1.165, 1.54) is 25.8 Å². The number of hydrogen-bond donors (Lipinski definition) is 1. The molecule has 2 rings (SSSR count). The molecule has 2 heteroatoms. The molecule has 1 heterocycles. The molecule has 0 amide bonds. The molecule has 1 saturated carbocycles. The third-order valence-electron chi connectivity index (χ3n) is 3.91. The number of nitrogens with zero attached hydrogens (tertiary/aromatic N) is 1. The highest BCUT2D eigenvalue weighted by Gasteiger charge is 2.34. The highest BCUT2D eigenvalue weighted by molar-refractivity contribution is 4.90. The van der Waals surface area contributed by atoms with Crippen LogP contribution in [0.1, 0.15) is 33.1 Å². The zero-order chi connectivity index (χ0) is 9.42. The van der Waals surface area contributed by atoms with Crippen LogP contribution in [0, 0.1) is 11.8 Å². The van der Waals surface area contributed by atoms with Crippen molar-refractivity contribution in [3.8, 4) is 0 Å². The summed E-state index contributed by atoms with van der Waals surface area (Å²) in [7, 11) is 0. The minimum atomic E-state index is 0.421. The van der Waals surface area contributed by atoms with E-state index in [0.717, 1.165) is 24.4 Å². The van der Waals surface area contributed by atoms with Gasteiger partial charge in [-0.15, -0.1) is 0 Å². The number of nitrogens with two attached hydrogens (primary N) is 1. The first kappa shape index (κ1) is 9.47. The van der Waals surface area contributed by atoms with Gasteiger partial charge in [0.2, 0.25) is 0 Å². The Kier molecular flexibility index (Phi) is 2.61. The summed E-state index contributed by atoms with van der Waals surface area (Å²) in [4.78, 5) is 2.62. The predicted octanol–water partition coefficient (Wildman–Crippen LogP) is 1.45. The van der Waals surface area contributed by atoms with Crippen molar-refractivity contribution in [3.63, 3.8) is 0 Å². The lowest BCUT2D eigenvalue weighted by Gasteiger charge is -2.46. The van der Waals surface area contributed by atoms with Gasteiger partial charge < -0.3 is 5.73 Å². The summed E-state index contributed by atoms with van der Waals surface area (Å²) < 4.78 is 0. The van der Waals surface area contributed by atoms with Crippen LogP contribution in [0.4, 0.5) is 0 Å². The zero-order valence-corrected chi connectivity index (χ0v) is 8.87. The molecule has 2 fully saturated rings. The minimum absolute atomic E-state index is 0.421. The molecule has 0 aromatic rings. The second-order valence-corrected chi connectivity index (χ2v) is 5.16. The smallest absolute Gasteiger partial charge is 0.0194 e. The summed E-state index contributed by atoms with van der Waals surface area (Å²) in [5.74, 6) is 1.69. The van der Waals surface area contributed by atoms with E-state index in [1.807, 2.05) is 0 Å². The van der Waals surface area contributed by atoms with Gasteiger partial charge in [-0.1, -0.05) is 13.8 Å². The van der Waals surface area contributed by atoms with Gasteiger partial charge in [0.05, 0.1) is 0 Å². The summed E-state index contributed by atoms with van der Waals surface area (Å²) in [5, 5.41) is 0. The second-order valence-electron chi connectivity index (χ2n) is 5.16. The fraction of sp³-hybridized carbons (Fsp3) is 1.00. The molecule has 13 heavy (non-hydrogen) atoms. The Morgan fingerprint density at radius 3 is 2.46 bits per heavy atom. The largest absolute Gasteiger partial charge is 0.326 e. The Balaban J connectivity index is 1.82. The molecular weight excluding hydrogens is 160 g/mol. The maximum absolute atomic E-state index is 6.08. The van der Waals surface area contributed by atoms with E-state index in [-0.39, 0.29) is 0 Å². The van der Waals surface area contributed by atoms with Crippen molar-refractivity contribution in [2.24, 2.45) is 17.6 Å². The Morgan fingerprint density at radius 1 is 1.23 bits per heavy atom. The second kappa shape index (κ2) is 3.58. The van der Waals surface area contributed by atoms with Crippen LogP contribution in [0.25, 0.3) is 0 Å². The van der Waals surface area contributed by atoms with Gasteiger partial charge in [-0.05, 0) is 37.6 Å². The van der Waals surface area contributed by atoms with Gasteiger partial charge in [0, 0.05) is 18.6 Å². The average molecular weight is 182 g/mol. The van der Waals surface area contributed by atoms with E-state index >= 15 is 0 Å². The highest BCUT2D eigenvalue weighted by atomic mass is 15.2. The molecule has 2 aliphatic rings. The monoisotopic (exact) mass is 182 g/mol. The van der Waals surface area contributed by atoms with E-state index in [2.05, 4.69) is 18.7 Å². The third kappa shape index (κ3) is 1.89. The van der Waals surface area contributed by atoms with E-state index < -0.39 is 0 Å². The van der Waals surface area contributed by atoms with E-state index in [9.17, 15) is 0 Å². The van der Waals surface area contributed by atoms with Crippen LogP contribution in [-0.2, 0) is 0 Å². The van der Waals surface area contributed by atoms with Crippen LogP contribution in [0.2, 0.25) is 0 Å². The number of likely N-dealkylation sites (tertiary alicyclic amines) is 1. The first-order valence-corrected chi connectivity index (χ1v) is 5.66. The molecule has 0 radical (unpaired) electrons. The van der Waals surface area contributed by atoms with Gasteiger partial charge in [0.25, 0.3) is 0 Å². The van der Waals surface area contributed by atoms with Crippen LogP contribution in [0.15, 0.2) is 0 Å². The molecule has 0 spiro atoms. The van der Waals surface area contributed by atoms with Crippen LogP contribution in [0.3, 0.4) is 0 Å². The first-order valence-electron chi connectivity index (χ1n) is 5.66. The topological polar surface area (TPSA) is 29.3 Å². The summed E-state index contributed by atoms with van der Waals surface area (Å²) in [6.07, 6.45) is 4.11. The highest BCUT2D eigenvalue weighted by Crippen LogP contribution is 2.33. The Morgan fingerprint density at radius 2 is 1.92 bits per heavy atom. The molecule has 1 aliphatic heterocycles. The lowest BCUT2D eigenvalue weighted by molar-refractivity contribution is 0.0480. The summed E-state index contributed by atoms with van der Waals surface area (Å²) in [6, 6.07) is 1.29. The van der Waals surface area contributed by atoms with E-state index in [1.54, 1.807) is 0 Å². The number of rotatable bonds is 1. The fourth-order valence-electron chi connectivity index (χ4n) is 2.62. The van der Waals surface area contributed by atoms with Crippen molar-refractivity contribution in [2.75, 3.05) is 13.1 Å². The molecule has 2 atom stereocenters. The maximum Gasteiger partial charge on any atom is 0.0194 e. The molecule has 0 aromatic carbocycles. The fourth-order valence-corrected chi connectivity index (χ4v) is 2.62. The van der Waals surface area contributed by atoms with Gasteiger partial charge in [-0.25, -0.2) is 0 Å². The van der Waals surface area contributed by atoms with Crippen molar-refractivity contribution in [2.45, 2.75) is 45.2 Å². The van der Waals surface area contributed by atoms with Crippen molar-refractivity contribution < 1.29 is 0 Å². The molecule has 1 saturated heterocycles. The zero-order valence-electron chi connectivity index (χ0n) is 8.87. The van der Waals surface area contributed by atoms with Crippen LogP contribution in [-0.4, -0.2) is 30.1 Å². The predicted molar refractivity (Wildman–Crippen MR) is 55.5 cm³/mol. The Hall–Kier alpha value is -0.0800. The van der Waals surface area contributed by atoms with Crippen molar-refractivity contribution in [3.05, 3.63) is 0 Å². The van der Waals surface area contributed by atoms with Crippen LogP contribution < -0.4 is 5.73 Å². The van der Waals surface area contributed by atoms with Crippen LogP contribution >= 0.6 is 0 Å². The van der Waals surface area contributed by atoms with Gasteiger partial charge in [-0.3, -0.25) is 4.90 Å². The van der Waals surface area contributed by atoms with Gasteiger partial charge in [0.15, 0.2) is 0 Å². The first-order chi connectivity index (χ1) is 6.16. The Bertz CT molecular complexity index is 175. The summed E-state index contributed by atoms with van der Waals surface area (Å²) >= 11 is 0. The maximum atomic E-state index is 6.08. The standard InChI is InChI=1S/C11H22N2/c1-8-5-10(6-8)13-4-3-9(2)11(12)7-13/h8-11H,3-7,12H2,1-2H3. The van der Waals surface area contributed by atoms with E-state index in [4.69, 9.17) is 5.73 Å². The molecule has 76 valence electrons. The average Bonchev–Trinajstić information content (AvgIpc) is 2.05. The van der Waals surface area contributed by atoms with Gasteiger partial charge in [-0.2, -0.15) is 0 Å². The van der Waals surface area contributed by atoms with Gasteiger partial charge in [0.1, 0.15) is 0 Å². The molecule has 2 N–H and O–H groups in total. The number of hydrogen-bond acceptors (Lipinski definition) is 2. The van der Waals surface area contributed by atoms with E-state index in [0.29, 0.717) is 6.04 Å². The quantitative estimate of drug-likeness (QED) is 0.665. The van der Waals surface area contributed by atoms with Gasteiger partial charge >= 0.3 is 0 Å². The molecule has 2 nitrogen and oxygen atoms in total. The molecule has 2 unspecified atom stereocenters. The molecule has 0 bridgehead atoms. The summed E-state index contributed by atoms with van der Waals surface area (Å²) in [6.45, 7) is 7.05. The lowest BCUT2D eigenvalue weighted by atomic mass is 9.79. The Labute approximate surface area is 81.5 Å². The summed E-state index contributed by atoms with van der Waals surface area (Å²) in [5.41, 5.74) is 6.08. The van der Waals surface area contributed by atoms with Crippen LogP contribution in [0.5, 0.6) is 0 Å². The van der Waals surface area contributed by atoms with Crippen molar-refractivity contribution >= 4 is 0 Å².